The van der Waals surface area contributed by atoms with E-state index < -0.39 is 23.3 Å². The van der Waals surface area contributed by atoms with E-state index in [4.69, 9.17) is 23.7 Å². The first kappa shape index (κ1) is 36.0. The molecule has 0 saturated heterocycles. The molecule has 45 heavy (non-hydrogen) atoms. The average molecular weight is 623 g/mol. The van der Waals surface area contributed by atoms with E-state index in [1.54, 1.807) is 56.3 Å². The number of carbonyl (C=O) groups is 3. The Morgan fingerprint density at radius 3 is 2.16 bits per heavy atom. The van der Waals surface area contributed by atoms with Crippen LogP contribution < -0.4 is 9.47 Å². The van der Waals surface area contributed by atoms with Gasteiger partial charge >= 0.3 is 17.9 Å². The minimum Gasteiger partial charge on any atom is -0.459 e. The van der Waals surface area contributed by atoms with Crippen molar-refractivity contribution in [2.24, 2.45) is 11.3 Å². The number of methoxy groups -OCH3 is 2. The van der Waals surface area contributed by atoms with Crippen LogP contribution >= 0.6 is 0 Å². The van der Waals surface area contributed by atoms with Gasteiger partial charge in [0.1, 0.15) is 23.2 Å². The largest absolute Gasteiger partial charge is 0.459 e. The third kappa shape index (κ3) is 11.1. The smallest absolute Gasteiger partial charge is 0.342 e. The molecule has 0 N–H and O–H groups in total. The maximum absolute atomic E-state index is 13.6. The van der Waals surface area contributed by atoms with Gasteiger partial charge in [-0.05, 0) is 80.8 Å². The van der Waals surface area contributed by atoms with Crippen molar-refractivity contribution in [3.05, 3.63) is 60.2 Å². The first-order valence-corrected chi connectivity index (χ1v) is 16.1. The third-order valence-electron chi connectivity index (χ3n) is 8.25. The van der Waals surface area contributed by atoms with Gasteiger partial charge in [0.25, 0.3) is 0 Å². The molecule has 2 aromatic carbocycles. The Kier molecular flexibility index (Phi) is 14.3. The van der Waals surface area contributed by atoms with Crippen LogP contribution in [0.5, 0.6) is 11.5 Å². The topological polar surface area (TPSA) is 97.4 Å². The number of carbonyl (C=O) groups excluding carboxylic acids is 3. The Labute approximate surface area is 268 Å². The zero-order chi connectivity index (χ0) is 32.8. The lowest BCUT2D eigenvalue weighted by molar-refractivity contribution is -0.146. The zero-order valence-electron chi connectivity index (χ0n) is 27.7. The molecule has 0 aromatic heterocycles. The number of esters is 3. The van der Waals surface area contributed by atoms with E-state index in [1.165, 1.54) is 52.7 Å². The standard InChI is InChI=1S/C37H50O8/c1-7-8-9-10-11-12-27-13-18-30(19-14-27)44-35(39)32-23-29(17-22-33(32)45-36(40)37(3,4)25-42-6)28-15-20-31(21-16-28)43-34(38)26(2)24-41-5/h15-17,20-23,27,30H,2,7-14,18-19,24-25H2,1,3-6H3. The second-order valence-corrected chi connectivity index (χ2v) is 12.6. The predicted octanol–water partition coefficient (Wildman–Crippen LogP) is 8.12. The highest BCUT2D eigenvalue weighted by Crippen LogP contribution is 2.34. The van der Waals surface area contributed by atoms with E-state index in [0.717, 1.165) is 31.2 Å². The highest BCUT2D eigenvalue weighted by atomic mass is 16.6. The minimum absolute atomic E-state index is 0.0793. The van der Waals surface area contributed by atoms with E-state index >= 15 is 0 Å². The second kappa shape index (κ2) is 17.9. The number of rotatable bonds is 17. The van der Waals surface area contributed by atoms with Crippen molar-refractivity contribution >= 4 is 17.9 Å². The molecule has 0 unspecified atom stereocenters. The normalized spacial score (nSPS) is 16.6. The fourth-order valence-electron chi connectivity index (χ4n) is 5.53. The van der Waals surface area contributed by atoms with E-state index in [0.29, 0.717) is 17.2 Å². The van der Waals surface area contributed by atoms with Crippen LogP contribution in [0.15, 0.2) is 54.6 Å². The molecule has 0 bridgehead atoms. The molecule has 0 spiro atoms. The molecule has 1 aliphatic carbocycles. The number of hydrogen-bond donors (Lipinski definition) is 0. The van der Waals surface area contributed by atoms with Crippen LogP contribution in [0.1, 0.15) is 95.3 Å². The van der Waals surface area contributed by atoms with Crippen molar-refractivity contribution in [3.8, 4) is 22.6 Å². The molecule has 1 aliphatic rings. The maximum atomic E-state index is 13.6. The Bertz CT molecular complexity index is 1270. The van der Waals surface area contributed by atoms with Gasteiger partial charge in [-0.3, -0.25) is 4.79 Å². The molecular weight excluding hydrogens is 572 g/mol. The molecule has 8 heteroatoms. The Morgan fingerprint density at radius 1 is 0.844 bits per heavy atom. The molecule has 0 atom stereocenters. The summed E-state index contributed by atoms with van der Waals surface area (Å²) in [5, 5.41) is 0. The summed E-state index contributed by atoms with van der Waals surface area (Å²) in [5.74, 6) is -0.423. The average Bonchev–Trinajstić information content (AvgIpc) is 3.02. The zero-order valence-corrected chi connectivity index (χ0v) is 27.7. The molecular formula is C37H50O8. The summed E-state index contributed by atoms with van der Waals surface area (Å²) in [4.78, 5) is 38.8. The van der Waals surface area contributed by atoms with E-state index in [9.17, 15) is 14.4 Å². The van der Waals surface area contributed by atoms with Gasteiger partial charge in [0.15, 0.2) is 0 Å². The minimum atomic E-state index is -0.911. The lowest BCUT2D eigenvalue weighted by Crippen LogP contribution is -2.33. The molecule has 0 heterocycles. The van der Waals surface area contributed by atoms with Crippen LogP contribution in [-0.2, 0) is 23.8 Å². The Balaban J connectivity index is 1.75. The molecule has 246 valence electrons. The lowest BCUT2D eigenvalue weighted by Gasteiger charge is -2.28. The Hall–Kier alpha value is -3.49. The summed E-state index contributed by atoms with van der Waals surface area (Å²) in [7, 11) is 3.00. The molecule has 3 rings (SSSR count). The van der Waals surface area contributed by atoms with Crippen LogP contribution in [0.3, 0.4) is 0 Å². The van der Waals surface area contributed by atoms with Crippen molar-refractivity contribution in [2.45, 2.75) is 91.1 Å². The summed E-state index contributed by atoms with van der Waals surface area (Å²) >= 11 is 0. The summed E-state index contributed by atoms with van der Waals surface area (Å²) in [5.41, 5.74) is 0.964. The fraction of sp³-hybridized carbons (Fsp3) is 0.541. The van der Waals surface area contributed by atoms with Crippen LogP contribution in [0, 0.1) is 11.3 Å². The first-order valence-electron chi connectivity index (χ1n) is 16.1. The van der Waals surface area contributed by atoms with Crippen molar-refractivity contribution in [2.75, 3.05) is 27.4 Å². The number of ether oxygens (including phenoxy) is 5. The maximum Gasteiger partial charge on any atom is 0.342 e. The summed E-state index contributed by atoms with van der Waals surface area (Å²) in [6.45, 7) is 9.60. The van der Waals surface area contributed by atoms with Gasteiger partial charge < -0.3 is 23.7 Å². The number of hydrogen-bond acceptors (Lipinski definition) is 8. The highest BCUT2D eigenvalue weighted by Gasteiger charge is 2.32. The number of unbranched alkanes of at least 4 members (excludes halogenated alkanes) is 4. The quantitative estimate of drug-likeness (QED) is 0.0755. The Morgan fingerprint density at radius 2 is 1.51 bits per heavy atom. The van der Waals surface area contributed by atoms with Gasteiger partial charge in [-0.15, -0.1) is 0 Å². The lowest BCUT2D eigenvalue weighted by atomic mass is 9.84. The highest BCUT2D eigenvalue weighted by molar-refractivity contribution is 5.95. The molecule has 2 aromatic rings. The van der Waals surface area contributed by atoms with Crippen molar-refractivity contribution in [1.82, 2.24) is 0 Å². The molecule has 0 amide bonds. The monoisotopic (exact) mass is 622 g/mol. The predicted molar refractivity (Wildman–Crippen MR) is 174 cm³/mol. The third-order valence-corrected chi connectivity index (χ3v) is 8.25. The van der Waals surface area contributed by atoms with Crippen LogP contribution in [-0.4, -0.2) is 51.4 Å². The van der Waals surface area contributed by atoms with Gasteiger partial charge in [-0.1, -0.05) is 70.2 Å². The van der Waals surface area contributed by atoms with Crippen LogP contribution in [0.25, 0.3) is 11.1 Å². The van der Waals surface area contributed by atoms with Gasteiger partial charge in [0, 0.05) is 14.2 Å². The van der Waals surface area contributed by atoms with Gasteiger partial charge in [-0.25, -0.2) is 9.59 Å². The molecule has 0 radical (unpaired) electrons. The van der Waals surface area contributed by atoms with Gasteiger partial charge in [-0.2, -0.15) is 0 Å². The molecule has 1 saturated carbocycles. The van der Waals surface area contributed by atoms with Crippen LogP contribution in [0.2, 0.25) is 0 Å². The molecule has 0 aliphatic heterocycles. The van der Waals surface area contributed by atoms with Crippen molar-refractivity contribution in [3.63, 3.8) is 0 Å². The second-order valence-electron chi connectivity index (χ2n) is 12.6. The SMILES string of the molecule is C=C(COC)C(=O)Oc1ccc(-c2ccc(OC(=O)C(C)(C)COC)c(C(=O)OC3CCC(CCCCCCC)CC3)c2)cc1. The van der Waals surface area contributed by atoms with Crippen LogP contribution in [0.4, 0.5) is 0 Å². The summed E-state index contributed by atoms with van der Waals surface area (Å²) in [6, 6.07) is 12.0. The van der Waals surface area contributed by atoms with Gasteiger partial charge in [0.05, 0.1) is 24.2 Å². The fourth-order valence-corrected chi connectivity index (χ4v) is 5.53. The van der Waals surface area contributed by atoms with E-state index in [-0.39, 0.29) is 36.2 Å². The summed E-state index contributed by atoms with van der Waals surface area (Å²) in [6.07, 6.45) is 11.2. The molecule has 1 fully saturated rings. The molecule has 8 nitrogen and oxygen atoms in total. The van der Waals surface area contributed by atoms with E-state index in [2.05, 4.69) is 13.5 Å². The number of benzene rings is 2. The first-order chi connectivity index (χ1) is 21.6. The van der Waals surface area contributed by atoms with E-state index in [1.807, 2.05) is 0 Å². The van der Waals surface area contributed by atoms with Gasteiger partial charge in [0.2, 0.25) is 0 Å². The van der Waals surface area contributed by atoms with Crippen molar-refractivity contribution in [1.29, 1.82) is 0 Å². The summed E-state index contributed by atoms with van der Waals surface area (Å²) < 4.78 is 27.3. The van der Waals surface area contributed by atoms with Crippen molar-refractivity contribution < 1.29 is 38.1 Å².